The van der Waals surface area contributed by atoms with Gasteiger partial charge in [0.2, 0.25) is 5.91 Å². The summed E-state index contributed by atoms with van der Waals surface area (Å²) >= 11 is 1.54. The zero-order valence-electron chi connectivity index (χ0n) is 10.7. The molecule has 0 radical (unpaired) electrons. The Morgan fingerprint density at radius 3 is 3.10 bits per heavy atom. The molecule has 1 fully saturated rings. The van der Waals surface area contributed by atoms with Crippen LogP contribution in [0.15, 0.2) is 24.3 Å². The van der Waals surface area contributed by atoms with Crippen molar-refractivity contribution in [1.29, 1.82) is 0 Å². The summed E-state index contributed by atoms with van der Waals surface area (Å²) < 4.78 is 14.1. The lowest BCUT2D eigenvalue weighted by atomic mass is 10.2. The third-order valence-electron chi connectivity index (χ3n) is 3.39. The summed E-state index contributed by atoms with van der Waals surface area (Å²) in [5.41, 5.74) is 0. The van der Waals surface area contributed by atoms with Crippen molar-refractivity contribution in [2.24, 2.45) is 0 Å². The number of aliphatic hydroxyl groups is 1. The molecule has 106 valence electrons. The molecule has 2 aromatic rings. The third-order valence-corrected chi connectivity index (χ3v) is 4.51. The van der Waals surface area contributed by atoms with Gasteiger partial charge in [-0.05, 0) is 36.1 Å². The van der Waals surface area contributed by atoms with Gasteiger partial charge in [-0.25, -0.2) is 4.39 Å². The van der Waals surface area contributed by atoms with Crippen LogP contribution in [-0.4, -0.2) is 29.7 Å². The first-order chi connectivity index (χ1) is 9.61. The van der Waals surface area contributed by atoms with Crippen molar-refractivity contribution in [3.05, 3.63) is 35.0 Å². The molecule has 1 aromatic carbocycles. The lowest BCUT2D eigenvalue weighted by Gasteiger charge is -2.09. The maximum Gasteiger partial charge on any atom is 0.237 e. The lowest BCUT2D eigenvalue weighted by molar-refractivity contribution is -0.123. The predicted molar refractivity (Wildman–Crippen MR) is 76.0 cm³/mol. The fourth-order valence-corrected chi connectivity index (χ4v) is 3.36. The molecule has 1 aliphatic heterocycles. The number of hydrogen-bond donors (Lipinski definition) is 3. The van der Waals surface area contributed by atoms with Crippen LogP contribution in [0.2, 0.25) is 0 Å². The van der Waals surface area contributed by atoms with E-state index in [1.165, 1.54) is 23.5 Å². The summed E-state index contributed by atoms with van der Waals surface area (Å²) in [6.45, 7) is 0.883. The molecule has 20 heavy (non-hydrogen) atoms. The highest BCUT2D eigenvalue weighted by atomic mass is 32.1. The van der Waals surface area contributed by atoms with Gasteiger partial charge in [0.15, 0.2) is 0 Å². The molecule has 1 saturated heterocycles. The standard InChI is InChI=1S/C14H15FN2O2S/c15-9-1-2-13-8(3-9)4-11(20-13)7-17-14(19)12-5-10(18)6-16-12/h1-4,10,12,16,18H,5-7H2,(H,17,19)/t10-,12+/m1/s1. The number of fused-ring (bicyclic) bond motifs is 1. The van der Waals surface area contributed by atoms with Crippen LogP contribution in [0.1, 0.15) is 11.3 Å². The summed E-state index contributed by atoms with van der Waals surface area (Å²) in [6.07, 6.45) is 0.00163. The Hall–Kier alpha value is -1.50. The maximum atomic E-state index is 13.1. The van der Waals surface area contributed by atoms with Gasteiger partial charge in [-0.3, -0.25) is 4.79 Å². The largest absolute Gasteiger partial charge is 0.392 e. The molecule has 2 heterocycles. The number of β-amino-alcohol motifs (C(OH)–C–C–N with tert-alkyl or cyclic N) is 1. The second kappa shape index (κ2) is 5.47. The molecule has 0 spiro atoms. The van der Waals surface area contributed by atoms with E-state index >= 15 is 0 Å². The van der Waals surface area contributed by atoms with Gasteiger partial charge >= 0.3 is 0 Å². The van der Waals surface area contributed by atoms with E-state index in [-0.39, 0.29) is 17.8 Å². The van der Waals surface area contributed by atoms with Crippen molar-refractivity contribution >= 4 is 27.3 Å². The summed E-state index contributed by atoms with van der Waals surface area (Å²) in [4.78, 5) is 12.9. The molecule has 0 aliphatic carbocycles. The Balaban J connectivity index is 1.63. The minimum Gasteiger partial charge on any atom is -0.392 e. The van der Waals surface area contributed by atoms with E-state index in [2.05, 4.69) is 10.6 Å². The lowest BCUT2D eigenvalue weighted by Crippen LogP contribution is -2.39. The van der Waals surface area contributed by atoms with Crippen molar-refractivity contribution in [1.82, 2.24) is 10.6 Å². The molecular weight excluding hydrogens is 279 g/mol. The average molecular weight is 294 g/mol. The summed E-state index contributed by atoms with van der Waals surface area (Å²) in [7, 11) is 0. The van der Waals surface area contributed by atoms with Gasteiger partial charge in [-0.15, -0.1) is 11.3 Å². The van der Waals surface area contributed by atoms with Gasteiger partial charge in [0, 0.05) is 16.1 Å². The van der Waals surface area contributed by atoms with Crippen LogP contribution in [0.5, 0.6) is 0 Å². The highest BCUT2D eigenvalue weighted by molar-refractivity contribution is 7.19. The Morgan fingerprint density at radius 2 is 2.35 bits per heavy atom. The molecule has 3 rings (SSSR count). The van der Waals surface area contributed by atoms with Gasteiger partial charge in [-0.1, -0.05) is 0 Å². The monoisotopic (exact) mass is 294 g/mol. The van der Waals surface area contributed by atoms with Gasteiger partial charge in [0.25, 0.3) is 0 Å². The Morgan fingerprint density at radius 1 is 1.50 bits per heavy atom. The number of nitrogens with one attached hydrogen (secondary N) is 2. The van der Waals surface area contributed by atoms with E-state index in [0.717, 1.165) is 15.0 Å². The number of amides is 1. The molecule has 1 aliphatic rings. The minimum atomic E-state index is -0.446. The highest BCUT2D eigenvalue weighted by Gasteiger charge is 2.27. The van der Waals surface area contributed by atoms with E-state index in [0.29, 0.717) is 19.5 Å². The molecule has 1 amide bonds. The van der Waals surface area contributed by atoms with Crippen molar-refractivity contribution < 1.29 is 14.3 Å². The second-order valence-corrected chi connectivity index (χ2v) is 6.13. The fraction of sp³-hybridized carbons (Fsp3) is 0.357. The number of benzene rings is 1. The van der Waals surface area contributed by atoms with Gasteiger partial charge in [-0.2, -0.15) is 0 Å². The van der Waals surface area contributed by atoms with E-state index in [1.54, 1.807) is 6.07 Å². The molecule has 1 aromatic heterocycles. The van der Waals surface area contributed by atoms with Crippen LogP contribution < -0.4 is 10.6 Å². The Bertz CT molecular complexity index is 643. The highest BCUT2D eigenvalue weighted by Crippen LogP contribution is 2.26. The average Bonchev–Trinajstić information content (AvgIpc) is 3.01. The first kappa shape index (κ1) is 13.5. The Kier molecular flexibility index (Phi) is 3.69. The van der Waals surface area contributed by atoms with Gasteiger partial charge in [0.1, 0.15) is 5.82 Å². The predicted octanol–water partition coefficient (Wildman–Crippen LogP) is 1.38. The molecule has 6 heteroatoms. The van der Waals surface area contributed by atoms with E-state index < -0.39 is 6.10 Å². The summed E-state index contributed by atoms with van der Waals surface area (Å²) in [5, 5.41) is 16.0. The second-order valence-electron chi connectivity index (χ2n) is 4.96. The molecule has 2 atom stereocenters. The van der Waals surface area contributed by atoms with E-state index in [1.807, 2.05) is 6.07 Å². The van der Waals surface area contributed by atoms with Gasteiger partial charge < -0.3 is 15.7 Å². The van der Waals surface area contributed by atoms with Crippen LogP contribution in [0.4, 0.5) is 4.39 Å². The molecule has 4 nitrogen and oxygen atoms in total. The molecule has 0 unspecified atom stereocenters. The quantitative estimate of drug-likeness (QED) is 0.801. The molecule has 3 N–H and O–H groups in total. The normalized spacial score (nSPS) is 22.3. The number of thiophene rings is 1. The first-order valence-electron chi connectivity index (χ1n) is 6.49. The fourth-order valence-electron chi connectivity index (χ4n) is 2.37. The maximum absolute atomic E-state index is 13.1. The number of aliphatic hydroxyl groups excluding tert-OH is 1. The van der Waals surface area contributed by atoms with Crippen LogP contribution in [-0.2, 0) is 11.3 Å². The third kappa shape index (κ3) is 2.82. The summed E-state index contributed by atoms with van der Waals surface area (Å²) in [5.74, 6) is -0.361. The number of carbonyl (C=O) groups is 1. The van der Waals surface area contributed by atoms with Gasteiger partial charge in [0.05, 0.1) is 18.7 Å². The van der Waals surface area contributed by atoms with Crippen molar-refractivity contribution in [3.63, 3.8) is 0 Å². The number of hydrogen-bond acceptors (Lipinski definition) is 4. The molecule has 0 bridgehead atoms. The van der Waals surface area contributed by atoms with Crippen LogP contribution in [0, 0.1) is 5.82 Å². The van der Waals surface area contributed by atoms with Crippen molar-refractivity contribution in [2.45, 2.75) is 25.1 Å². The van der Waals surface area contributed by atoms with E-state index in [9.17, 15) is 14.3 Å². The number of rotatable bonds is 3. The number of halogens is 1. The molecular formula is C14H15FN2O2S. The van der Waals surface area contributed by atoms with Crippen LogP contribution in [0.3, 0.4) is 0 Å². The minimum absolute atomic E-state index is 0.106. The Labute approximate surface area is 119 Å². The zero-order chi connectivity index (χ0) is 14.1. The molecule has 0 saturated carbocycles. The van der Waals surface area contributed by atoms with E-state index in [4.69, 9.17) is 0 Å². The SMILES string of the molecule is O=C(NCc1cc2cc(F)ccc2s1)[C@@H]1C[C@@H](O)CN1. The van der Waals surface area contributed by atoms with Crippen LogP contribution >= 0.6 is 11.3 Å². The van der Waals surface area contributed by atoms with Crippen molar-refractivity contribution in [3.8, 4) is 0 Å². The van der Waals surface area contributed by atoms with Crippen molar-refractivity contribution in [2.75, 3.05) is 6.54 Å². The summed E-state index contributed by atoms with van der Waals surface area (Å²) in [6, 6.07) is 6.24. The smallest absolute Gasteiger partial charge is 0.237 e. The van der Waals surface area contributed by atoms with Crippen LogP contribution in [0.25, 0.3) is 10.1 Å². The zero-order valence-corrected chi connectivity index (χ0v) is 11.5. The topological polar surface area (TPSA) is 61.4 Å². The first-order valence-corrected chi connectivity index (χ1v) is 7.30. The number of carbonyl (C=O) groups excluding carboxylic acids is 1.